The summed E-state index contributed by atoms with van der Waals surface area (Å²) in [5.74, 6) is -0.211. The number of nitrogens with zero attached hydrogens (tertiary/aromatic N) is 2. The van der Waals surface area contributed by atoms with Crippen LogP contribution in [0.5, 0.6) is 0 Å². The molecule has 3 amide bonds. The SMILES string of the molecule is CCN(Cc1ccccc1)C(=O)C1CCCN(C(=O)c2ccccc2)CCC(=O)NCC1. The van der Waals surface area contributed by atoms with Crippen molar-refractivity contribution >= 4 is 17.7 Å². The molecule has 0 bridgehead atoms. The summed E-state index contributed by atoms with van der Waals surface area (Å²) < 4.78 is 0. The zero-order valence-corrected chi connectivity index (χ0v) is 18.8. The Morgan fingerprint density at radius 2 is 1.69 bits per heavy atom. The molecule has 1 unspecified atom stereocenters. The minimum Gasteiger partial charge on any atom is -0.356 e. The first-order valence-electron chi connectivity index (χ1n) is 11.5. The highest BCUT2D eigenvalue weighted by Crippen LogP contribution is 2.19. The number of nitrogens with one attached hydrogen (secondary N) is 1. The van der Waals surface area contributed by atoms with E-state index < -0.39 is 0 Å². The van der Waals surface area contributed by atoms with Gasteiger partial charge in [0.2, 0.25) is 11.8 Å². The van der Waals surface area contributed by atoms with Gasteiger partial charge >= 0.3 is 0 Å². The van der Waals surface area contributed by atoms with Crippen LogP contribution in [-0.2, 0) is 16.1 Å². The number of carbonyl (C=O) groups is 3. The Bertz CT molecular complexity index is 886. The molecule has 1 aliphatic rings. The van der Waals surface area contributed by atoms with Crippen LogP contribution < -0.4 is 5.32 Å². The molecule has 1 atom stereocenters. The number of benzene rings is 2. The van der Waals surface area contributed by atoms with Crippen molar-refractivity contribution in [2.24, 2.45) is 5.92 Å². The van der Waals surface area contributed by atoms with Crippen LogP contribution in [0.15, 0.2) is 60.7 Å². The topological polar surface area (TPSA) is 69.7 Å². The maximum Gasteiger partial charge on any atom is 0.253 e. The molecule has 0 saturated carbocycles. The van der Waals surface area contributed by atoms with Crippen LogP contribution in [0.1, 0.15) is 48.5 Å². The summed E-state index contributed by atoms with van der Waals surface area (Å²) in [5.41, 5.74) is 1.72. The monoisotopic (exact) mass is 435 g/mol. The van der Waals surface area contributed by atoms with Crippen molar-refractivity contribution in [1.82, 2.24) is 15.1 Å². The molecule has 0 spiro atoms. The van der Waals surface area contributed by atoms with Gasteiger partial charge in [0.05, 0.1) is 0 Å². The third-order valence-electron chi connectivity index (χ3n) is 5.97. The Labute approximate surface area is 190 Å². The molecular weight excluding hydrogens is 402 g/mol. The van der Waals surface area contributed by atoms with E-state index in [1.54, 1.807) is 17.0 Å². The molecule has 1 aliphatic heterocycles. The molecule has 1 saturated heterocycles. The molecule has 0 aliphatic carbocycles. The Kier molecular flexibility index (Phi) is 8.84. The van der Waals surface area contributed by atoms with Crippen LogP contribution in [0.25, 0.3) is 0 Å². The number of amides is 3. The normalized spacial score (nSPS) is 17.7. The van der Waals surface area contributed by atoms with Gasteiger partial charge in [-0.15, -0.1) is 0 Å². The molecule has 2 aromatic carbocycles. The largest absolute Gasteiger partial charge is 0.356 e. The fourth-order valence-corrected chi connectivity index (χ4v) is 4.12. The molecular formula is C26H33N3O3. The molecule has 6 heteroatoms. The predicted octanol–water partition coefficient (Wildman–Crippen LogP) is 3.48. The average molecular weight is 436 g/mol. The standard InChI is InChI=1S/C26H33N3O3/c1-2-28(20-21-10-5-3-6-11-21)25(31)23-14-9-18-29(19-16-24(30)27-17-15-23)26(32)22-12-7-4-8-13-22/h3-8,10-13,23H,2,9,14-20H2,1H3,(H,27,30). The van der Waals surface area contributed by atoms with Gasteiger partial charge in [-0.3, -0.25) is 14.4 Å². The fraction of sp³-hybridized carbons (Fsp3) is 0.423. The average Bonchev–Trinajstić information content (AvgIpc) is 2.87. The van der Waals surface area contributed by atoms with Gasteiger partial charge in [-0.2, -0.15) is 0 Å². The van der Waals surface area contributed by atoms with E-state index in [-0.39, 0.29) is 30.1 Å². The van der Waals surface area contributed by atoms with E-state index in [1.807, 2.05) is 60.4 Å². The molecule has 32 heavy (non-hydrogen) atoms. The lowest BCUT2D eigenvalue weighted by atomic mass is 9.97. The van der Waals surface area contributed by atoms with Crippen molar-refractivity contribution in [2.75, 3.05) is 26.2 Å². The van der Waals surface area contributed by atoms with Crippen molar-refractivity contribution in [3.05, 3.63) is 71.8 Å². The van der Waals surface area contributed by atoms with Crippen LogP contribution in [0.2, 0.25) is 0 Å². The number of hydrogen-bond donors (Lipinski definition) is 1. The highest BCUT2D eigenvalue weighted by molar-refractivity contribution is 5.94. The second-order valence-corrected chi connectivity index (χ2v) is 8.22. The summed E-state index contributed by atoms with van der Waals surface area (Å²) in [6.07, 6.45) is 2.30. The quantitative estimate of drug-likeness (QED) is 0.782. The highest BCUT2D eigenvalue weighted by Gasteiger charge is 2.25. The number of rotatable bonds is 5. The second kappa shape index (κ2) is 12.0. The highest BCUT2D eigenvalue weighted by atomic mass is 16.2. The van der Waals surface area contributed by atoms with E-state index in [0.29, 0.717) is 51.1 Å². The Morgan fingerprint density at radius 3 is 2.38 bits per heavy atom. The summed E-state index contributed by atoms with van der Waals surface area (Å²) in [6, 6.07) is 19.1. The summed E-state index contributed by atoms with van der Waals surface area (Å²) in [7, 11) is 0. The summed E-state index contributed by atoms with van der Waals surface area (Å²) in [4.78, 5) is 42.2. The second-order valence-electron chi connectivity index (χ2n) is 8.22. The van der Waals surface area contributed by atoms with Gasteiger partial charge in [0, 0.05) is 50.6 Å². The fourth-order valence-electron chi connectivity index (χ4n) is 4.12. The summed E-state index contributed by atoms with van der Waals surface area (Å²) in [5, 5.41) is 2.92. The maximum atomic E-state index is 13.3. The maximum absolute atomic E-state index is 13.3. The molecule has 0 radical (unpaired) electrons. The van der Waals surface area contributed by atoms with Crippen LogP contribution in [0.4, 0.5) is 0 Å². The van der Waals surface area contributed by atoms with Gasteiger partial charge in [0.1, 0.15) is 0 Å². The number of carbonyl (C=O) groups excluding carboxylic acids is 3. The van der Waals surface area contributed by atoms with E-state index in [4.69, 9.17) is 0 Å². The molecule has 170 valence electrons. The first-order chi connectivity index (χ1) is 15.6. The van der Waals surface area contributed by atoms with Crippen molar-refractivity contribution in [1.29, 1.82) is 0 Å². The Balaban J connectivity index is 1.68. The van der Waals surface area contributed by atoms with Crippen LogP contribution in [-0.4, -0.2) is 53.7 Å². The first kappa shape index (κ1) is 23.5. The Morgan fingerprint density at radius 1 is 1.00 bits per heavy atom. The smallest absolute Gasteiger partial charge is 0.253 e. The van der Waals surface area contributed by atoms with E-state index in [0.717, 1.165) is 12.0 Å². The van der Waals surface area contributed by atoms with Gasteiger partial charge in [0.25, 0.3) is 5.91 Å². The van der Waals surface area contributed by atoms with Crippen molar-refractivity contribution < 1.29 is 14.4 Å². The summed E-state index contributed by atoms with van der Waals surface area (Å²) in [6.45, 7) is 4.61. The van der Waals surface area contributed by atoms with Gasteiger partial charge in [0.15, 0.2) is 0 Å². The minimum atomic E-state index is -0.175. The third-order valence-corrected chi connectivity index (χ3v) is 5.97. The molecule has 0 aromatic heterocycles. The van der Waals surface area contributed by atoms with Crippen molar-refractivity contribution in [3.63, 3.8) is 0 Å². The minimum absolute atomic E-state index is 0.0696. The lowest BCUT2D eigenvalue weighted by molar-refractivity contribution is -0.136. The van der Waals surface area contributed by atoms with Crippen molar-refractivity contribution in [3.8, 4) is 0 Å². The molecule has 1 fully saturated rings. The van der Waals surface area contributed by atoms with E-state index in [2.05, 4.69) is 5.32 Å². The molecule has 6 nitrogen and oxygen atoms in total. The lowest BCUT2D eigenvalue weighted by Gasteiger charge is -2.27. The molecule has 1 heterocycles. The predicted molar refractivity (Wildman–Crippen MR) is 125 cm³/mol. The zero-order chi connectivity index (χ0) is 22.8. The van der Waals surface area contributed by atoms with Crippen LogP contribution in [0.3, 0.4) is 0 Å². The van der Waals surface area contributed by atoms with Gasteiger partial charge in [-0.1, -0.05) is 48.5 Å². The summed E-state index contributed by atoms with van der Waals surface area (Å²) >= 11 is 0. The molecule has 2 aromatic rings. The molecule has 1 N–H and O–H groups in total. The van der Waals surface area contributed by atoms with Crippen LogP contribution in [0, 0.1) is 5.92 Å². The zero-order valence-electron chi connectivity index (χ0n) is 18.8. The Hall–Kier alpha value is -3.15. The van der Waals surface area contributed by atoms with Gasteiger partial charge in [-0.25, -0.2) is 0 Å². The lowest BCUT2D eigenvalue weighted by Crippen LogP contribution is -2.37. The van der Waals surface area contributed by atoms with Gasteiger partial charge in [-0.05, 0) is 43.9 Å². The van der Waals surface area contributed by atoms with Crippen molar-refractivity contribution in [2.45, 2.75) is 39.2 Å². The van der Waals surface area contributed by atoms with E-state index >= 15 is 0 Å². The van der Waals surface area contributed by atoms with Gasteiger partial charge < -0.3 is 15.1 Å². The first-order valence-corrected chi connectivity index (χ1v) is 11.5. The van der Waals surface area contributed by atoms with Crippen LogP contribution >= 0.6 is 0 Å². The van der Waals surface area contributed by atoms with E-state index in [1.165, 1.54) is 0 Å². The molecule has 3 rings (SSSR count). The number of hydrogen-bond acceptors (Lipinski definition) is 3. The van der Waals surface area contributed by atoms with E-state index in [9.17, 15) is 14.4 Å². The third kappa shape index (κ3) is 6.67.